The number of aliphatic hydroxyl groups excluding tert-OH is 1. The topological polar surface area (TPSA) is 20.2 Å². The van der Waals surface area contributed by atoms with Gasteiger partial charge in [-0.25, -0.2) is 0 Å². The van der Waals surface area contributed by atoms with Crippen molar-refractivity contribution in [3.63, 3.8) is 0 Å². The zero-order valence-electron chi connectivity index (χ0n) is 7.29. The Balaban J connectivity index is 2.02. The first-order chi connectivity index (χ1) is 5.35. The first-order valence-electron chi connectivity index (χ1n) is 4.96. The fourth-order valence-electron chi connectivity index (χ4n) is 3.33. The lowest BCUT2D eigenvalue weighted by Gasteiger charge is -2.27. The summed E-state index contributed by atoms with van der Waals surface area (Å²) in [6.07, 6.45) is 5.52. The second kappa shape index (κ2) is 2.78. The molecule has 4 unspecified atom stereocenters. The third-order valence-electron chi connectivity index (χ3n) is 3.85. The molecule has 0 amide bonds. The highest BCUT2D eigenvalue weighted by Gasteiger charge is 2.44. The van der Waals surface area contributed by atoms with Crippen molar-refractivity contribution in [1.82, 2.24) is 0 Å². The van der Waals surface area contributed by atoms with Gasteiger partial charge in [0.25, 0.3) is 0 Å². The molecule has 0 aromatic heterocycles. The number of aliphatic hydroxyl groups is 1. The third kappa shape index (κ3) is 1.10. The molecule has 0 radical (unpaired) electrons. The molecule has 0 aliphatic heterocycles. The van der Waals surface area contributed by atoms with Gasteiger partial charge in [-0.05, 0) is 42.9 Å². The Kier molecular flexibility index (Phi) is 1.92. The van der Waals surface area contributed by atoms with Crippen LogP contribution in [-0.4, -0.2) is 11.7 Å². The van der Waals surface area contributed by atoms with E-state index in [1.165, 1.54) is 25.7 Å². The molecule has 2 fully saturated rings. The van der Waals surface area contributed by atoms with Gasteiger partial charge in [0.05, 0.1) is 0 Å². The van der Waals surface area contributed by atoms with E-state index in [1.807, 2.05) is 0 Å². The van der Waals surface area contributed by atoms with Crippen LogP contribution in [0, 0.1) is 23.7 Å². The van der Waals surface area contributed by atoms with Crippen LogP contribution in [0.3, 0.4) is 0 Å². The predicted octanol–water partition coefficient (Wildman–Crippen LogP) is 2.05. The second-order valence-corrected chi connectivity index (χ2v) is 4.35. The molecule has 4 atom stereocenters. The summed E-state index contributed by atoms with van der Waals surface area (Å²) in [5, 5.41) is 9.10. The Hall–Kier alpha value is -0.0400. The maximum atomic E-state index is 9.10. The minimum Gasteiger partial charge on any atom is -0.396 e. The zero-order valence-corrected chi connectivity index (χ0v) is 7.29. The Labute approximate surface area is 68.8 Å². The lowest BCUT2D eigenvalue weighted by atomic mass is 9.80. The molecule has 2 saturated carbocycles. The van der Waals surface area contributed by atoms with Crippen LogP contribution in [0.15, 0.2) is 0 Å². The van der Waals surface area contributed by atoms with Gasteiger partial charge in [-0.1, -0.05) is 13.3 Å². The summed E-state index contributed by atoms with van der Waals surface area (Å²) in [6, 6.07) is 0. The highest BCUT2D eigenvalue weighted by Crippen LogP contribution is 2.52. The van der Waals surface area contributed by atoms with Gasteiger partial charge in [-0.2, -0.15) is 0 Å². The minimum absolute atomic E-state index is 0.442. The molecule has 2 aliphatic rings. The molecule has 0 saturated heterocycles. The van der Waals surface area contributed by atoms with Crippen molar-refractivity contribution in [2.24, 2.45) is 23.7 Å². The van der Waals surface area contributed by atoms with E-state index in [0.717, 1.165) is 17.8 Å². The molecule has 1 nitrogen and oxygen atoms in total. The Bertz CT molecular complexity index is 130. The number of hydrogen-bond donors (Lipinski definition) is 1. The van der Waals surface area contributed by atoms with Crippen LogP contribution < -0.4 is 0 Å². The molecule has 2 rings (SSSR count). The van der Waals surface area contributed by atoms with E-state index in [1.54, 1.807) is 0 Å². The molecule has 11 heavy (non-hydrogen) atoms. The first kappa shape index (κ1) is 7.60. The highest BCUT2D eigenvalue weighted by atomic mass is 16.3. The van der Waals surface area contributed by atoms with Gasteiger partial charge in [-0.15, -0.1) is 0 Å². The average molecular weight is 154 g/mol. The van der Waals surface area contributed by atoms with Crippen molar-refractivity contribution in [3.05, 3.63) is 0 Å². The van der Waals surface area contributed by atoms with E-state index >= 15 is 0 Å². The standard InChI is InChI=1S/C10H18O/c1-2-8-3-7-4-9(6-11)10(8)5-7/h7-11H,2-6H2,1H3. The van der Waals surface area contributed by atoms with Crippen molar-refractivity contribution in [2.75, 3.05) is 6.61 Å². The molecule has 2 aliphatic carbocycles. The predicted molar refractivity (Wildman–Crippen MR) is 45.2 cm³/mol. The van der Waals surface area contributed by atoms with Gasteiger partial charge in [0.1, 0.15) is 0 Å². The van der Waals surface area contributed by atoms with Crippen molar-refractivity contribution in [1.29, 1.82) is 0 Å². The molecule has 0 aromatic rings. The number of fused-ring (bicyclic) bond motifs is 2. The highest BCUT2D eigenvalue weighted by molar-refractivity contribution is 4.94. The number of rotatable bonds is 2. The summed E-state index contributed by atoms with van der Waals surface area (Å²) >= 11 is 0. The van der Waals surface area contributed by atoms with E-state index in [-0.39, 0.29) is 0 Å². The Morgan fingerprint density at radius 2 is 1.91 bits per heavy atom. The SMILES string of the molecule is CCC1CC2CC(CO)C1C2. The largest absolute Gasteiger partial charge is 0.396 e. The maximum absolute atomic E-state index is 9.10. The third-order valence-corrected chi connectivity index (χ3v) is 3.85. The summed E-state index contributed by atoms with van der Waals surface area (Å²) in [5.41, 5.74) is 0. The summed E-state index contributed by atoms with van der Waals surface area (Å²) < 4.78 is 0. The van der Waals surface area contributed by atoms with Crippen LogP contribution in [0.2, 0.25) is 0 Å². The molecular weight excluding hydrogens is 136 g/mol. The van der Waals surface area contributed by atoms with Crippen LogP contribution in [0.25, 0.3) is 0 Å². The first-order valence-corrected chi connectivity index (χ1v) is 4.96. The van der Waals surface area contributed by atoms with Gasteiger partial charge in [0.2, 0.25) is 0 Å². The molecule has 0 aromatic carbocycles. The van der Waals surface area contributed by atoms with E-state index in [0.29, 0.717) is 12.5 Å². The van der Waals surface area contributed by atoms with Gasteiger partial charge in [-0.3, -0.25) is 0 Å². The number of hydrogen-bond acceptors (Lipinski definition) is 1. The monoisotopic (exact) mass is 154 g/mol. The Morgan fingerprint density at radius 1 is 1.18 bits per heavy atom. The van der Waals surface area contributed by atoms with Crippen LogP contribution >= 0.6 is 0 Å². The minimum atomic E-state index is 0.442. The quantitative estimate of drug-likeness (QED) is 0.645. The average Bonchev–Trinajstić information content (AvgIpc) is 2.60. The smallest absolute Gasteiger partial charge is 0.0462 e. The van der Waals surface area contributed by atoms with E-state index in [9.17, 15) is 0 Å². The van der Waals surface area contributed by atoms with E-state index in [2.05, 4.69) is 6.92 Å². The van der Waals surface area contributed by atoms with Crippen molar-refractivity contribution in [2.45, 2.75) is 32.6 Å². The maximum Gasteiger partial charge on any atom is 0.0462 e. The molecule has 1 N–H and O–H groups in total. The van der Waals surface area contributed by atoms with Gasteiger partial charge in [0.15, 0.2) is 0 Å². The molecule has 0 spiro atoms. The molecule has 2 bridgehead atoms. The fraction of sp³-hybridized carbons (Fsp3) is 1.00. The summed E-state index contributed by atoms with van der Waals surface area (Å²) in [7, 11) is 0. The normalized spacial score (nSPS) is 48.5. The van der Waals surface area contributed by atoms with Crippen LogP contribution in [0.1, 0.15) is 32.6 Å². The van der Waals surface area contributed by atoms with Crippen molar-refractivity contribution < 1.29 is 5.11 Å². The van der Waals surface area contributed by atoms with Gasteiger partial charge < -0.3 is 5.11 Å². The molecular formula is C10H18O. The van der Waals surface area contributed by atoms with Crippen molar-refractivity contribution in [3.8, 4) is 0 Å². The van der Waals surface area contributed by atoms with E-state index in [4.69, 9.17) is 5.11 Å². The molecule has 0 heterocycles. The second-order valence-electron chi connectivity index (χ2n) is 4.35. The van der Waals surface area contributed by atoms with Gasteiger partial charge >= 0.3 is 0 Å². The summed E-state index contributed by atoms with van der Waals surface area (Å²) in [5.74, 6) is 3.47. The van der Waals surface area contributed by atoms with E-state index < -0.39 is 0 Å². The summed E-state index contributed by atoms with van der Waals surface area (Å²) in [4.78, 5) is 0. The molecule has 64 valence electrons. The molecule has 1 heteroatoms. The zero-order chi connectivity index (χ0) is 7.84. The van der Waals surface area contributed by atoms with Crippen LogP contribution in [0.4, 0.5) is 0 Å². The lowest BCUT2D eigenvalue weighted by molar-refractivity contribution is 0.140. The van der Waals surface area contributed by atoms with Crippen LogP contribution in [-0.2, 0) is 0 Å². The fourth-order valence-corrected chi connectivity index (χ4v) is 3.33. The van der Waals surface area contributed by atoms with Crippen molar-refractivity contribution >= 4 is 0 Å². The lowest BCUT2D eigenvalue weighted by Crippen LogP contribution is -2.22. The Morgan fingerprint density at radius 3 is 2.45 bits per heavy atom. The van der Waals surface area contributed by atoms with Crippen LogP contribution in [0.5, 0.6) is 0 Å². The van der Waals surface area contributed by atoms with Gasteiger partial charge in [0, 0.05) is 6.61 Å². The summed E-state index contributed by atoms with van der Waals surface area (Å²) in [6.45, 7) is 2.73.